The van der Waals surface area contributed by atoms with E-state index >= 15 is 0 Å². The second-order valence-electron chi connectivity index (χ2n) is 3.00. The Morgan fingerprint density at radius 3 is 2.00 bits per heavy atom. The first kappa shape index (κ1) is 8.67. The van der Waals surface area contributed by atoms with Crippen LogP contribution in [0.5, 0.6) is 0 Å². The summed E-state index contributed by atoms with van der Waals surface area (Å²) in [5.41, 5.74) is 0. The molecule has 0 saturated carbocycles. The van der Waals surface area contributed by atoms with Crippen LogP contribution in [0.25, 0.3) is 0 Å². The average Bonchev–Trinajstić information content (AvgIpc) is 1.62. The Kier molecular flexibility index (Phi) is 2.88. The topological polar surface area (TPSA) is 33.0 Å². The normalized spacial score (nSPS) is 14.6. The largest absolute Gasteiger partial charge is 0.402 e. The molecule has 9 heavy (non-hydrogen) atoms. The Morgan fingerprint density at radius 1 is 1.44 bits per heavy atom. The molecule has 0 rings (SSSR count). The summed E-state index contributed by atoms with van der Waals surface area (Å²) in [4.78, 5) is 0. The fourth-order valence-electron chi connectivity index (χ4n) is 0.557. The summed E-state index contributed by atoms with van der Waals surface area (Å²) in [5.74, 6) is 0. The molecule has 0 N–H and O–H groups in total. The molecular weight excluding hydrogens is 130 g/mol. The van der Waals surface area contributed by atoms with Crippen LogP contribution in [-0.2, 0) is 4.43 Å². The molecule has 0 aromatic rings. The summed E-state index contributed by atoms with van der Waals surface area (Å²) < 4.78 is 5.36. The van der Waals surface area contributed by atoms with Gasteiger partial charge >= 0.3 is 0 Å². The summed E-state index contributed by atoms with van der Waals surface area (Å²) in [5, 5.41) is 8.35. The van der Waals surface area contributed by atoms with Crippen LogP contribution in [0.2, 0.25) is 19.6 Å². The quantitative estimate of drug-likeness (QED) is 0.552. The van der Waals surface area contributed by atoms with E-state index in [1.54, 1.807) is 6.92 Å². The SMILES string of the molecule is CC(C#N)O[Si](C)(C)C. The molecule has 0 aromatic heterocycles. The lowest BCUT2D eigenvalue weighted by atomic mass is 10.5. The van der Waals surface area contributed by atoms with Crippen molar-refractivity contribution in [2.24, 2.45) is 0 Å². The van der Waals surface area contributed by atoms with Gasteiger partial charge in [0, 0.05) is 0 Å². The van der Waals surface area contributed by atoms with Gasteiger partial charge in [0.1, 0.15) is 6.10 Å². The Morgan fingerprint density at radius 2 is 1.89 bits per heavy atom. The third-order valence-electron chi connectivity index (χ3n) is 0.712. The molecule has 0 saturated heterocycles. The minimum Gasteiger partial charge on any atom is -0.402 e. The molecule has 0 heterocycles. The van der Waals surface area contributed by atoms with Crippen LogP contribution < -0.4 is 0 Å². The van der Waals surface area contributed by atoms with E-state index in [-0.39, 0.29) is 6.10 Å². The third-order valence-corrected chi connectivity index (χ3v) is 1.77. The zero-order valence-electron chi connectivity index (χ0n) is 6.43. The van der Waals surface area contributed by atoms with Gasteiger partial charge in [-0.3, -0.25) is 0 Å². The van der Waals surface area contributed by atoms with Crippen LogP contribution in [0.4, 0.5) is 0 Å². The third kappa shape index (κ3) is 5.54. The Labute approximate surface area is 57.6 Å². The standard InChI is InChI=1S/C6H13NOSi/c1-6(5-7)8-9(2,3)4/h6H,1-4H3. The van der Waals surface area contributed by atoms with Gasteiger partial charge in [0.2, 0.25) is 0 Å². The highest BCUT2D eigenvalue weighted by Gasteiger charge is 2.17. The first-order valence-corrected chi connectivity index (χ1v) is 6.44. The maximum Gasteiger partial charge on any atom is 0.185 e. The van der Waals surface area contributed by atoms with Crippen LogP contribution >= 0.6 is 0 Å². The van der Waals surface area contributed by atoms with E-state index in [2.05, 4.69) is 19.6 Å². The maximum atomic E-state index is 8.35. The van der Waals surface area contributed by atoms with Crippen molar-refractivity contribution in [2.45, 2.75) is 32.7 Å². The molecule has 0 amide bonds. The fraction of sp³-hybridized carbons (Fsp3) is 0.833. The van der Waals surface area contributed by atoms with E-state index in [1.807, 2.05) is 6.07 Å². The van der Waals surface area contributed by atoms with Gasteiger partial charge in [0.25, 0.3) is 0 Å². The predicted molar refractivity (Wildman–Crippen MR) is 39.5 cm³/mol. The Balaban J connectivity index is 3.63. The highest BCUT2D eigenvalue weighted by atomic mass is 28.4. The number of hydrogen-bond acceptors (Lipinski definition) is 2. The van der Waals surface area contributed by atoms with Gasteiger partial charge in [0.05, 0.1) is 6.07 Å². The van der Waals surface area contributed by atoms with Crippen molar-refractivity contribution in [3.8, 4) is 6.07 Å². The van der Waals surface area contributed by atoms with E-state index in [0.29, 0.717) is 0 Å². The molecule has 0 radical (unpaired) electrons. The minimum atomic E-state index is -1.46. The predicted octanol–water partition coefficient (Wildman–Crippen LogP) is 1.75. The lowest BCUT2D eigenvalue weighted by Gasteiger charge is -2.18. The van der Waals surface area contributed by atoms with Crippen molar-refractivity contribution in [3.05, 3.63) is 0 Å². The average molecular weight is 143 g/mol. The van der Waals surface area contributed by atoms with Crippen LogP contribution in [0.3, 0.4) is 0 Å². The molecule has 3 heteroatoms. The smallest absolute Gasteiger partial charge is 0.185 e. The van der Waals surface area contributed by atoms with Gasteiger partial charge in [-0.25, -0.2) is 0 Å². The summed E-state index contributed by atoms with van der Waals surface area (Å²) in [6.45, 7) is 7.99. The minimum absolute atomic E-state index is 0.239. The van der Waals surface area contributed by atoms with E-state index < -0.39 is 8.32 Å². The molecule has 0 bridgehead atoms. The van der Waals surface area contributed by atoms with Crippen molar-refractivity contribution in [3.63, 3.8) is 0 Å². The van der Waals surface area contributed by atoms with E-state index in [4.69, 9.17) is 9.69 Å². The van der Waals surface area contributed by atoms with Crippen molar-refractivity contribution >= 4 is 8.32 Å². The Hall–Kier alpha value is -0.333. The highest BCUT2D eigenvalue weighted by Crippen LogP contribution is 2.05. The molecule has 0 aliphatic carbocycles. The van der Waals surface area contributed by atoms with E-state index in [9.17, 15) is 0 Å². The highest BCUT2D eigenvalue weighted by molar-refractivity contribution is 6.69. The number of hydrogen-bond donors (Lipinski definition) is 0. The summed E-state index contributed by atoms with van der Waals surface area (Å²) in [6, 6.07) is 2.03. The molecule has 1 atom stereocenters. The van der Waals surface area contributed by atoms with Crippen molar-refractivity contribution in [1.29, 1.82) is 5.26 Å². The second kappa shape index (κ2) is 2.99. The molecule has 0 spiro atoms. The van der Waals surface area contributed by atoms with E-state index in [0.717, 1.165) is 0 Å². The van der Waals surface area contributed by atoms with Crippen LogP contribution in [0.15, 0.2) is 0 Å². The lowest BCUT2D eigenvalue weighted by molar-refractivity contribution is 0.269. The first-order valence-electron chi connectivity index (χ1n) is 3.03. The Bertz CT molecular complexity index is 122. The zero-order valence-corrected chi connectivity index (χ0v) is 7.43. The monoisotopic (exact) mass is 143 g/mol. The molecule has 0 aromatic carbocycles. The number of rotatable bonds is 2. The number of nitriles is 1. The zero-order chi connectivity index (χ0) is 7.49. The molecule has 0 aliphatic rings. The van der Waals surface area contributed by atoms with Gasteiger partial charge in [-0.1, -0.05) is 0 Å². The summed E-state index contributed by atoms with van der Waals surface area (Å²) in [7, 11) is -1.46. The van der Waals surface area contributed by atoms with Crippen LogP contribution in [0, 0.1) is 11.3 Å². The maximum absolute atomic E-state index is 8.35. The molecule has 1 unspecified atom stereocenters. The van der Waals surface area contributed by atoms with Crippen molar-refractivity contribution in [2.75, 3.05) is 0 Å². The van der Waals surface area contributed by atoms with Crippen molar-refractivity contribution < 1.29 is 4.43 Å². The van der Waals surface area contributed by atoms with Gasteiger partial charge in [-0.05, 0) is 26.6 Å². The van der Waals surface area contributed by atoms with Gasteiger partial charge in [-0.2, -0.15) is 5.26 Å². The van der Waals surface area contributed by atoms with Gasteiger partial charge in [0.15, 0.2) is 8.32 Å². The summed E-state index contributed by atoms with van der Waals surface area (Å²) >= 11 is 0. The number of nitrogens with zero attached hydrogens (tertiary/aromatic N) is 1. The first-order chi connectivity index (χ1) is 3.95. The van der Waals surface area contributed by atoms with Gasteiger partial charge in [-0.15, -0.1) is 0 Å². The fourth-order valence-corrected chi connectivity index (χ4v) is 1.67. The van der Waals surface area contributed by atoms with E-state index in [1.165, 1.54) is 0 Å². The summed E-state index contributed by atoms with van der Waals surface area (Å²) in [6.07, 6.45) is -0.239. The van der Waals surface area contributed by atoms with Crippen LogP contribution in [0.1, 0.15) is 6.92 Å². The molecule has 0 aliphatic heterocycles. The van der Waals surface area contributed by atoms with Crippen molar-refractivity contribution in [1.82, 2.24) is 0 Å². The molecule has 52 valence electrons. The molecule has 0 fully saturated rings. The molecular formula is C6H13NOSi. The van der Waals surface area contributed by atoms with Gasteiger partial charge < -0.3 is 4.43 Å². The second-order valence-corrected chi connectivity index (χ2v) is 7.46. The van der Waals surface area contributed by atoms with Crippen LogP contribution in [-0.4, -0.2) is 14.4 Å². The lowest BCUT2D eigenvalue weighted by Crippen LogP contribution is -2.29. The molecule has 2 nitrogen and oxygen atoms in total.